The molecule has 1 aromatic rings. The normalized spacial score (nSPS) is 15.4. The van der Waals surface area contributed by atoms with E-state index >= 15 is 0 Å². The Bertz CT molecular complexity index is 683. The summed E-state index contributed by atoms with van der Waals surface area (Å²) >= 11 is 0. The third kappa shape index (κ3) is 10.5. The summed E-state index contributed by atoms with van der Waals surface area (Å²) in [5, 5.41) is 10.2. The largest absolute Gasteiger partial charge is 0.444 e. The fourth-order valence-electron chi connectivity index (χ4n) is 3.10. The molecule has 1 amide bonds. The highest BCUT2D eigenvalue weighted by molar-refractivity contribution is 14.0. The maximum absolute atomic E-state index is 11.6. The zero-order chi connectivity index (χ0) is 22.0. The van der Waals surface area contributed by atoms with Crippen LogP contribution in [0.2, 0.25) is 0 Å². The van der Waals surface area contributed by atoms with E-state index in [0.717, 1.165) is 50.7 Å². The molecule has 1 fully saturated rings. The number of guanidine groups is 1. The Labute approximate surface area is 202 Å². The van der Waals surface area contributed by atoms with Gasteiger partial charge in [0.2, 0.25) is 0 Å². The smallest absolute Gasteiger partial charge is 0.407 e. The Morgan fingerprint density at radius 3 is 2.58 bits per heavy atom. The van der Waals surface area contributed by atoms with Gasteiger partial charge in [0.25, 0.3) is 0 Å². The minimum absolute atomic E-state index is 0. The van der Waals surface area contributed by atoms with Crippen molar-refractivity contribution in [1.29, 1.82) is 0 Å². The fourth-order valence-corrected chi connectivity index (χ4v) is 3.10. The van der Waals surface area contributed by atoms with Gasteiger partial charge in [-0.25, -0.2) is 14.8 Å². The van der Waals surface area contributed by atoms with Gasteiger partial charge in [-0.15, -0.1) is 24.0 Å². The first-order chi connectivity index (χ1) is 14.3. The molecule has 2 rings (SSSR count). The van der Waals surface area contributed by atoms with Gasteiger partial charge in [0.15, 0.2) is 5.96 Å². The van der Waals surface area contributed by atoms with Crippen LogP contribution < -0.4 is 10.6 Å². The predicted octanol–water partition coefficient (Wildman–Crippen LogP) is 2.29. The molecule has 1 aliphatic rings. The average Bonchev–Trinajstić information content (AvgIpc) is 3.09. The topological polar surface area (TPSA) is 106 Å². The number of rotatable bonds is 8. The minimum atomic E-state index is -0.475. The number of nitrogens with one attached hydrogen (secondary N) is 2. The van der Waals surface area contributed by atoms with E-state index in [1.807, 2.05) is 27.8 Å². The van der Waals surface area contributed by atoms with Crippen LogP contribution in [0.15, 0.2) is 11.3 Å². The van der Waals surface area contributed by atoms with E-state index in [0.29, 0.717) is 19.7 Å². The molecule has 2 N–H and O–H groups in total. The van der Waals surface area contributed by atoms with Crippen molar-refractivity contribution < 1.29 is 14.3 Å². The number of nitrogens with zero attached hydrogens (tertiary/aromatic N) is 5. The number of piperidine rings is 1. The van der Waals surface area contributed by atoms with E-state index in [1.165, 1.54) is 0 Å². The van der Waals surface area contributed by atoms with E-state index in [9.17, 15) is 4.79 Å². The van der Waals surface area contributed by atoms with Gasteiger partial charge in [0.1, 0.15) is 24.3 Å². The maximum Gasteiger partial charge on any atom is 0.407 e. The quantitative estimate of drug-likeness (QED) is 0.221. The van der Waals surface area contributed by atoms with Gasteiger partial charge in [-0.05, 0) is 47.0 Å². The zero-order valence-corrected chi connectivity index (χ0v) is 21.7. The molecule has 0 unspecified atom stereocenters. The lowest BCUT2D eigenvalue weighted by Crippen LogP contribution is -2.47. The predicted molar refractivity (Wildman–Crippen MR) is 131 cm³/mol. The first kappa shape index (κ1) is 27.4. The summed E-state index contributed by atoms with van der Waals surface area (Å²) in [6.07, 6.45) is 4.07. The van der Waals surface area contributed by atoms with Crippen molar-refractivity contribution in [2.75, 3.05) is 32.8 Å². The van der Waals surface area contributed by atoms with E-state index in [2.05, 4.69) is 32.5 Å². The monoisotopic (exact) mass is 551 g/mol. The number of alkyl carbamates (subject to hydrolysis) is 1. The molecular weight excluding hydrogens is 513 g/mol. The number of halogens is 1. The van der Waals surface area contributed by atoms with Crippen LogP contribution in [-0.4, -0.2) is 76.2 Å². The van der Waals surface area contributed by atoms with Gasteiger partial charge < -0.3 is 25.0 Å². The van der Waals surface area contributed by atoms with Gasteiger partial charge in [-0.3, -0.25) is 4.68 Å². The van der Waals surface area contributed by atoms with Crippen LogP contribution in [0.5, 0.6) is 0 Å². The number of ether oxygens (including phenoxy) is 2. The van der Waals surface area contributed by atoms with Crippen molar-refractivity contribution in [2.24, 2.45) is 12.0 Å². The Hall–Kier alpha value is -1.63. The maximum atomic E-state index is 11.6. The summed E-state index contributed by atoms with van der Waals surface area (Å²) < 4.78 is 12.9. The minimum Gasteiger partial charge on any atom is -0.444 e. The first-order valence-electron chi connectivity index (χ1n) is 10.7. The van der Waals surface area contributed by atoms with Crippen molar-refractivity contribution in [3.8, 4) is 0 Å². The highest BCUT2D eigenvalue weighted by atomic mass is 127. The molecule has 178 valence electrons. The molecule has 1 aliphatic heterocycles. The Balaban J connectivity index is 0.00000480. The van der Waals surface area contributed by atoms with Crippen molar-refractivity contribution in [1.82, 2.24) is 30.3 Å². The Morgan fingerprint density at radius 2 is 2.00 bits per heavy atom. The van der Waals surface area contributed by atoms with Crippen LogP contribution in [-0.2, 0) is 23.1 Å². The summed E-state index contributed by atoms with van der Waals surface area (Å²) in [6, 6.07) is 0. The molecular formula is C20H38IN7O3. The Kier molecular flexibility index (Phi) is 12.1. The van der Waals surface area contributed by atoms with Crippen LogP contribution in [0.4, 0.5) is 4.79 Å². The molecule has 0 spiro atoms. The van der Waals surface area contributed by atoms with Gasteiger partial charge in [0, 0.05) is 39.8 Å². The molecule has 2 heterocycles. The summed E-state index contributed by atoms with van der Waals surface area (Å²) in [4.78, 5) is 22.8. The van der Waals surface area contributed by atoms with E-state index in [-0.39, 0.29) is 36.2 Å². The Morgan fingerprint density at radius 1 is 1.29 bits per heavy atom. The van der Waals surface area contributed by atoms with E-state index in [1.54, 1.807) is 11.0 Å². The molecule has 10 nitrogen and oxygen atoms in total. The van der Waals surface area contributed by atoms with Crippen LogP contribution in [0.3, 0.4) is 0 Å². The van der Waals surface area contributed by atoms with Gasteiger partial charge in [0.05, 0.1) is 6.10 Å². The van der Waals surface area contributed by atoms with Crippen LogP contribution in [0.1, 0.15) is 52.8 Å². The van der Waals surface area contributed by atoms with Crippen LogP contribution in [0, 0.1) is 0 Å². The molecule has 0 saturated carbocycles. The van der Waals surface area contributed by atoms with Crippen molar-refractivity contribution in [3.05, 3.63) is 12.2 Å². The summed E-state index contributed by atoms with van der Waals surface area (Å²) in [5.41, 5.74) is -0.475. The lowest BCUT2D eigenvalue weighted by molar-refractivity contribution is 0.0170. The number of carbonyl (C=O) groups excluding carboxylic acids is 1. The summed E-state index contributed by atoms with van der Waals surface area (Å²) in [7, 11) is 1.87. The van der Waals surface area contributed by atoms with Gasteiger partial charge in [-0.2, -0.15) is 5.10 Å². The molecule has 0 atom stereocenters. The summed E-state index contributed by atoms with van der Waals surface area (Å²) in [6.45, 7) is 11.9. The molecule has 0 aromatic carbocycles. The molecule has 1 aromatic heterocycles. The van der Waals surface area contributed by atoms with Gasteiger partial charge in [-0.1, -0.05) is 0 Å². The number of amides is 1. The molecule has 0 bridgehead atoms. The number of aliphatic imine (C=N–C) groups is 1. The number of likely N-dealkylation sites (tertiary alicyclic amines) is 1. The zero-order valence-electron chi connectivity index (χ0n) is 19.4. The fraction of sp³-hybridized carbons (Fsp3) is 0.800. The van der Waals surface area contributed by atoms with E-state index < -0.39 is 5.60 Å². The second kappa shape index (κ2) is 13.7. The standard InChI is InChI=1S/C20H37N7O3.HI/c1-6-21-18(23-14-17-24-15-25-26(17)5)27-11-8-16(9-12-27)29-13-7-10-22-19(28)30-20(2,3)4;/h15-16H,6-14H2,1-5H3,(H,21,23)(H,22,28);1H. The molecule has 0 aliphatic carbocycles. The number of aromatic nitrogens is 3. The number of hydrogen-bond donors (Lipinski definition) is 2. The molecule has 11 heteroatoms. The van der Waals surface area contributed by atoms with E-state index in [4.69, 9.17) is 14.5 Å². The third-order valence-corrected chi connectivity index (χ3v) is 4.59. The first-order valence-corrected chi connectivity index (χ1v) is 10.7. The highest BCUT2D eigenvalue weighted by Crippen LogP contribution is 2.14. The number of hydrogen-bond acceptors (Lipinski definition) is 6. The van der Waals surface area contributed by atoms with Gasteiger partial charge >= 0.3 is 6.09 Å². The molecule has 31 heavy (non-hydrogen) atoms. The second-order valence-electron chi connectivity index (χ2n) is 8.31. The van der Waals surface area contributed by atoms with Crippen molar-refractivity contribution >= 4 is 36.0 Å². The second-order valence-corrected chi connectivity index (χ2v) is 8.31. The van der Waals surface area contributed by atoms with Crippen molar-refractivity contribution in [3.63, 3.8) is 0 Å². The number of aryl methyl sites for hydroxylation is 1. The van der Waals surface area contributed by atoms with Crippen molar-refractivity contribution in [2.45, 2.75) is 65.2 Å². The van der Waals surface area contributed by atoms with Crippen LogP contribution in [0.25, 0.3) is 0 Å². The molecule has 1 saturated heterocycles. The lowest BCUT2D eigenvalue weighted by atomic mass is 10.1. The summed E-state index contributed by atoms with van der Waals surface area (Å²) in [5.74, 6) is 1.74. The number of carbonyl (C=O) groups is 1. The average molecular weight is 551 g/mol. The van der Waals surface area contributed by atoms with Crippen LogP contribution >= 0.6 is 24.0 Å². The SMILES string of the molecule is CCNC(=NCc1ncnn1C)N1CCC(OCCCNC(=O)OC(C)(C)C)CC1.I. The highest BCUT2D eigenvalue weighted by Gasteiger charge is 2.22. The molecule has 0 radical (unpaired) electrons. The lowest BCUT2D eigenvalue weighted by Gasteiger charge is -2.34. The third-order valence-electron chi connectivity index (χ3n) is 4.59.